The highest BCUT2D eigenvalue weighted by Crippen LogP contribution is 2.31. The van der Waals surface area contributed by atoms with Gasteiger partial charge in [0.05, 0.1) is 11.8 Å². The summed E-state index contributed by atoms with van der Waals surface area (Å²) in [5, 5.41) is 2.79. The number of benzene rings is 2. The van der Waals surface area contributed by atoms with Crippen LogP contribution in [0.3, 0.4) is 0 Å². The lowest BCUT2D eigenvalue weighted by Crippen LogP contribution is -2.37. The van der Waals surface area contributed by atoms with E-state index in [0.717, 1.165) is 16.9 Å². The minimum atomic E-state index is -4.73. The summed E-state index contributed by atoms with van der Waals surface area (Å²) in [6, 6.07) is 9.93. The number of anilines is 1. The number of hydrazine groups is 1. The number of alkyl halides is 3. The number of ether oxygens (including phenoxy) is 1. The van der Waals surface area contributed by atoms with Gasteiger partial charge in [-0.25, -0.2) is 14.8 Å². The lowest BCUT2D eigenvalue weighted by Gasteiger charge is -2.14. The van der Waals surface area contributed by atoms with Crippen molar-refractivity contribution in [2.24, 2.45) is 0 Å². The smallest absolute Gasteiger partial charge is 0.451 e. The molecular weight excluding hydrogens is 459 g/mol. The Labute approximate surface area is 200 Å². The summed E-state index contributed by atoms with van der Waals surface area (Å²) in [6.45, 7) is 5.68. The second kappa shape index (κ2) is 11.2. The summed E-state index contributed by atoms with van der Waals surface area (Å²) in [6.07, 6.45) is 4.77. The number of nitrogens with zero attached hydrogens (tertiary/aromatic N) is 2. The van der Waals surface area contributed by atoms with Gasteiger partial charge < -0.3 is 10.1 Å². The maximum Gasteiger partial charge on any atom is 0.451 e. The molecule has 0 fully saturated rings. The Balaban J connectivity index is 1.53. The van der Waals surface area contributed by atoms with Crippen LogP contribution in [0.1, 0.15) is 22.5 Å². The molecule has 3 N–H and O–H groups in total. The Morgan fingerprint density at radius 3 is 2.49 bits per heavy atom. The Morgan fingerprint density at radius 2 is 1.74 bits per heavy atom. The normalized spacial score (nSPS) is 12.1. The maximum atomic E-state index is 13.1. The van der Waals surface area contributed by atoms with E-state index in [2.05, 4.69) is 26.1 Å². The van der Waals surface area contributed by atoms with Crippen LogP contribution in [0.25, 0.3) is 10.9 Å². The third-order valence-corrected chi connectivity index (χ3v) is 4.73. The van der Waals surface area contributed by atoms with Crippen molar-refractivity contribution >= 4 is 22.8 Å². The molecule has 0 aliphatic rings. The van der Waals surface area contributed by atoms with E-state index in [1.165, 1.54) is 18.5 Å². The second-order valence-electron chi connectivity index (χ2n) is 7.55. The summed E-state index contributed by atoms with van der Waals surface area (Å²) < 4.78 is 45.0. The number of urea groups is 1. The minimum Gasteiger partial charge on any atom is -0.465 e. The van der Waals surface area contributed by atoms with Gasteiger partial charge in [0.15, 0.2) is 5.82 Å². The first-order valence-electron chi connectivity index (χ1n) is 10.5. The molecule has 0 spiro atoms. The van der Waals surface area contributed by atoms with Crippen molar-refractivity contribution in [2.45, 2.75) is 26.9 Å². The quantitative estimate of drug-likeness (QED) is 0.223. The number of aryl methyl sites for hydroxylation is 3. The van der Waals surface area contributed by atoms with Crippen molar-refractivity contribution in [1.29, 1.82) is 0 Å². The van der Waals surface area contributed by atoms with E-state index in [1.807, 2.05) is 32.0 Å². The average molecular weight is 483 g/mol. The van der Waals surface area contributed by atoms with Crippen molar-refractivity contribution in [2.75, 3.05) is 5.43 Å². The number of hydrogen-bond donors (Lipinski definition) is 3. The molecule has 1 heterocycles. The number of aromatic nitrogens is 2. The van der Waals surface area contributed by atoms with Gasteiger partial charge in [-0.15, -0.1) is 0 Å². The van der Waals surface area contributed by atoms with Crippen molar-refractivity contribution < 1.29 is 22.7 Å². The van der Waals surface area contributed by atoms with Gasteiger partial charge in [0, 0.05) is 11.6 Å². The fourth-order valence-corrected chi connectivity index (χ4v) is 3.12. The third kappa shape index (κ3) is 7.07. The number of allylic oxidation sites excluding steroid dienone is 4. The minimum absolute atomic E-state index is 0.108. The first-order chi connectivity index (χ1) is 16.6. The van der Waals surface area contributed by atoms with Gasteiger partial charge in [-0.2, -0.15) is 13.2 Å². The number of nitrogens with one attached hydrogen (secondary N) is 3. The Morgan fingerprint density at radius 1 is 0.971 bits per heavy atom. The highest BCUT2D eigenvalue weighted by Gasteiger charge is 2.35. The molecule has 0 saturated heterocycles. The topological polar surface area (TPSA) is 88.2 Å². The highest BCUT2D eigenvalue weighted by atomic mass is 19.4. The molecule has 7 nitrogen and oxygen atoms in total. The van der Waals surface area contributed by atoms with Crippen LogP contribution in [-0.2, 0) is 6.18 Å². The molecule has 182 valence electrons. The number of amides is 2. The van der Waals surface area contributed by atoms with E-state index in [1.54, 1.807) is 43.4 Å². The molecule has 0 aliphatic heterocycles. The molecular formula is C25H24F3N5O2. The summed E-state index contributed by atoms with van der Waals surface area (Å²) in [4.78, 5) is 19.1. The molecule has 2 amide bonds. The molecule has 0 radical (unpaired) electrons. The van der Waals surface area contributed by atoms with E-state index >= 15 is 0 Å². The molecule has 3 aromatic rings. The number of carbonyl (C=O) groups is 1. The number of halogens is 3. The molecule has 0 saturated carbocycles. The fourth-order valence-electron chi connectivity index (χ4n) is 3.12. The van der Waals surface area contributed by atoms with Crippen LogP contribution in [0.4, 0.5) is 23.8 Å². The highest BCUT2D eigenvalue weighted by molar-refractivity contribution is 5.92. The van der Waals surface area contributed by atoms with Gasteiger partial charge in [0.25, 0.3) is 0 Å². The zero-order chi connectivity index (χ0) is 25.4. The predicted molar refractivity (Wildman–Crippen MR) is 129 cm³/mol. The van der Waals surface area contributed by atoms with Crippen LogP contribution in [0.15, 0.2) is 73.2 Å². The van der Waals surface area contributed by atoms with Crippen LogP contribution in [-0.4, -0.2) is 16.0 Å². The Hall–Kier alpha value is -4.34. The monoisotopic (exact) mass is 483 g/mol. The average Bonchev–Trinajstić information content (AvgIpc) is 2.79. The van der Waals surface area contributed by atoms with Crippen molar-refractivity contribution in [3.8, 4) is 5.75 Å². The number of hydrogen-bond acceptors (Lipinski definition) is 5. The molecule has 10 heteroatoms. The lowest BCUT2D eigenvalue weighted by atomic mass is 10.1. The van der Waals surface area contributed by atoms with Crippen molar-refractivity contribution in [3.05, 3.63) is 95.7 Å². The first kappa shape index (κ1) is 25.3. The summed E-state index contributed by atoms with van der Waals surface area (Å²) in [5.41, 5.74) is 7.65. The molecule has 2 aromatic carbocycles. The zero-order valence-electron chi connectivity index (χ0n) is 19.3. The van der Waals surface area contributed by atoms with Gasteiger partial charge in [-0.1, -0.05) is 42.0 Å². The van der Waals surface area contributed by atoms with Gasteiger partial charge in [0.1, 0.15) is 5.75 Å². The van der Waals surface area contributed by atoms with Crippen LogP contribution in [0.5, 0.6) is 5.75 Å². The zero-order valence-corrected chi connectivity index (χ0v) is 19.3. The van der Waals surface area contributed by atoms with Crippen LogP contribution >= 0.6 is 0 Å². The van der Waals surface area contributed by atoms with Crippen molar-refractivity contribution in [3.63, 3.8) is 0 Å². The molecule has 3 rings (SSSR count). The summed E-state index contributed by atoms with van der Waals surface area (Å²) in [5.74, 6) is -0.705. The van der Waals surface area contributed by atoms with E-state index in [4.69, 9.17) is 4.74 Å². The summed E-state index contributed by atoms with van der Waals surface area (Å²) >= 11 is 0. The van der Waals surface area contributed by atoms with E-state index in [0.29, 0.717) is 10.9 Å². The number of fused-ring (bicyclic) bond motifs is 1. The standard InChI is InChI=1S/C25H24F3N5O2/c1-16-11-12-20(18(3)15-16)35-14-7-5-4-6-13-29-24(34)33-32-22-21-17(2)9-8-10-19(21)30-23(31-22)25(26,27)28/h4-15H,1-3H3,(H2,29,33,34)(H,30,31,32)/b5-4+,13-6+,14-7+. The molecule has 35 heavy (non-hydrogen) atoms. The molecule has 1 aromatic heterocycles. The van der Waals surface area contributed by atoms with Crippen LogP contribution in [0.2, 0.25) is 0 Å². The van der Waals surface area contributed by atoms with E-state index < -0.39 is 18.0 Å². The van der Waals surface area contributed by atoms with Gasteiger partial charge in [-0.3, -0.25) is 10.9 Å². The Bertz CT molecular complexity index is 1300. The summed E-state index contributed by atoms with van der Waals surface area (Å²) in [7, 11) is 0. The van der Waals surface area contributed by atoms with Gasteiger partial charge >= 0.3 is 12.2 Å². The van der Waals surface area contributed by atoms with Gasteiger partial charge in [0.2, 0.25) is 5.82 Å². The SMILES string of the molecule is Cc1ccc(O/C=C/C=C/C=C/NC(=O)NNc2nc(C(F)(F)F)nc3cccc(C)c23)c(C)c1. The van der Waals surface area contributed by atoms with Crippen molar-refractivity contribution in [1.82, 2.24) is 20.7 Å². The van der Waals surface area contributed by atoms with Crippen LogP contribution < -0.4 is 20.9 Å². The Kier molecular flexibility index (Phi) is 8.08. The second-order valence-corrected chi connectivity index (χ2v) is 7.55. The largest absolute Gasteiger partial charge is 0.465 e. The maximum absolute atomic E-state index is 13.1. The number of rotatable bonds is 7. The fraction of sp³-hybridized carbons (Fsp3) is 0.160. The first-order valence-corrected chi connectivity index (χ1v) is 10.5. The molecule has 0 aliphatic carbocycles. The molecule has 0 atom stereocenters. The number of carbonyl (C=O) groups excluding carboxylic acids is 1. The van der Waals surface area contributed by atoms with Gasteiger partial charge in [-0.05, 0) is 56.2 Å². The van der Waals surface area contributed by atoms with E-state index in [-0.39, 0.29) is 11.3 Å². The van der Waals surface area contributed by atoms with E-state index in [9.17, 15) is 18.0 Å². The van der Waals surface area contributed by atoms with Crippen LogP contribution in [0, 0.1) is 20.8 Å². The lowest BCUT2D eigenvalue weighted by molar-refractivity contribution is -0.144. The molecule has 0 unspecified atom stereocenters. The third-order valence-electron chi connectivity index (χ3n) is 4.73. The molecule has 0 bridgehead atoms. The predicted octanol–water partition coefficient (Wildman–Crippen LogP) is 5.86.